The Morgan fingerprint density at radius 2 is 1.81 bits per heavy atom. The molecule has 0 saturated carbocycles. The maximum absolute atomic E-state index is 12.7. The lowest BCUT2D eigenvalue weighted by Gasteiger charge is -2.11. The van der Waals surface area contributed by atoms with Crippen LogP contribution in [0.15, 0.2) is 76.2 Å². The number of halogens is 1. The minimum absolute atomic E-state index is 0.123. The number of rotatable bonds is 5. The number of nitrogens with one attached hydrogen (secondary N) is 1. The smallest absolute Gasteiger partial charge is 0.261 e. The fourth-order valence-electron chi connectivity index (χ4n) is 2.26. The number of carbonyl (C=O) groups excluding carboxylic acids is 1. The maximum Gasteiger partial charge on any atom is 0.261 e. The van der Waals surface area contributed by atoms with Crippen molar-refractivity contribution in [1.29, 1.82) is 0 Å². The number of hydrogen-bond donors (Lipinski definition) is 1. The largest absolute Gasteiger partial charge is 0.438 e. The van der Waals surface area contributed by atoms with Gasteiger partial charge in [0.25, 0.3) is 5.91 Å². The van der Waals surface area contributed by atoms with E-state index in [9.17, 15) is 13.2 Å². The molecule has 3 aromatic rings. The molecule has 0 unspecified atom stereocenters. The maximum atomic E-state index is 12.7. The summed E-state index contributed by atoms with van der Waals surface area (Å²) in [4.78, 5) is 16.9. The highest BCUT2D eigenvalue weighted by Gasteiger charge is 2.16. The molecule has 0 fully saturated rings. The van der Waals surface area contributed by atoms with Gasteiger partial charge in [0.05, 0.1) is 4.90 Å². The molecule has 2 aromatic carbocycles. The highest BCUT2D eigenvalue weighted by atomic mass is 79.9. The molecular formula is C19H15BrN2O4S. The summed E-state index contributed by atoms with van der Waals surface area (Å²) in [6, 6.07) is 16.4. The molecule has 1 amide bonds. The normalized spacial score (nSPS) is 11.0. The predicted molar refractivity (Wildman–Crippen MR) is 106 cm³/mol. The quantitative estimate of drug-likeness (QED) is 0.631. The average molecular weight is 447 g/mol. The van der Waals surface area contributed by atoms with Gasteiger partial charge < -0.3 is 10.1 Å². The van der Waals surface area contributed by atoms with Crippen molar-refractivity contribution in [2.75, 3.05) is 11.6 Å². The van der Waals surface area contributed by atoms with Crippen molar-refractivity contribution in [3.05, 3.63) is 76.9 Å². The van der Waals surface area contributed by atoms with Crippen molar-refractivity contribution >= 4 is 37.4 Å². The van der Waals surface area contributed by atoms with E-state index < -0.39 is 15.7 Å². The Morgan fingerprint density at radius 3 is 2.52 bits per heavy atom. The van der Waals surface area contributed by atoms with Gasteiger partial charge in [-0.2, -0.15) is 0 Å². The number of sulfone groups is 1. The summed E-state index contributed by atoms with van der Waals surface area (Å²) >= 11 is 3.35. The first-order valence-electron chi connectivity index (χ1n) is 7.83. The van der Waals surface area contributed by atoms with Gasteiger partial charge in [-0.25, -0.2) is 13.4 Å². The Balaban J connectivity index is 1.84. The molecule has 1 N–H and O–H groups in total. The van der Waals surface area contributed by atoms with Crippen LogP contribution in [-0.4, -0.2) is 25.6 Å². The summed E-state index contributed by atoms with van der Waals surface area (Å²) in [5.41, 5.74) is 0.589. The highest BCUT2D eigenvalue weighted by molar-refractivity contribution is 9.10. The molecule has 0 saturated heterocycles. The van der Waals surface area contributed by atoms with Gasteiger partial charge in [0.1, 0.15) is 11.3 Å². The summed E-state index contributed by atoms with van der Waals surface area (Å²) < 4.78 is 30.0. The second-order valence-corrected chi connectivity index (χ2v) is 8.60. The van der Waals surface area contributed by atoms with Crippen LogP contribution in [0.1, 0.15) is 10.4 Å². The van der Waals surface area contributed by atoms with E-state index in [1.807, 2.05) is 12.1 Å². The summed E-state index contributed by atoms with van der Waals surface area (Å²) in [6.45, 7) is 0. The molecule has 0 radical (unpaired) electrons. The van der Waals surface area contributed by atoms with Gasteiger partial charge in [-0.15, -0.1) is 0 Å². The Bertz CT molecular complexity index is 1080. The van der Waals surface area contributed by atoms with Crippen LogP contribution in [-0.2, 0) is 9.84 Å². The van der Waals surface area contributed by atoms with Gasteiger partial charge in [-0.1, -0.05) is 22.0 Å². The van der Waals surface area contributed by atoms with E-state index in [2.05, 4.69) is 26.2 Å². The van der Waals surface area contributed by atoms with Gasteiger partial charge in [-0.3, -0.25) is 4.79 Å². The third-order valence-electron chi connectivity index (χ3n) is 3.56. The fraction of sp³-hybridized carbons (Fsp3) is 0.0526. The summed E-state index contributed by atoms with van der Waals surface area (Å²) in [7, 11) is -3.37. The Morgan fingerprint density at radius 1 is 1.07 bits per heavy atom. The summed E-state index contributed by atoms with van der Waals surface area (Å²) in [5.74, 6) is 0.225. The second-order valence-electron chi connectivity index (χ2n) is 5.67. The molecule has 0 spiro atoms. The van der Waals surface area contributed by atoms with Crippen molar-refractivity contribution in [2.24, 2.45) is 0 Å². The van der Waals surface area contributed by atoms with Crippen LogP contribution in [0.2, 0.25) is 0 Å². The Kier molecular flexibility index (Phi) is 5.57. The number of aromatic nitrogens is 1. The number of benzene rings is 2. The van der Waals surface area contributed by atoms with E-state index in [1.54, 1.807) is 36.4 Å². The van der Waals surface area contributed by atoms with Crippen LogP contribution in [0.5, 0.6) is 11.6 Å². The number of hydrogen-bond acceptors (Lipinski definition) is 5. The number of amides is 1. The molecule has 0 aliphatic heterocycles. The van der Waals surface area contributed by atoms with Gasteiger partial charge in [-0.05, 0) is 54.6 Å². The van der Waals surface area contributed by atoms with E-state index in [1.165, 1.54) is 18.3 Å². The zero-order valence-electron chi connectivity index (χ0n) is 14.2. The van der Waals surface area contributed by atoms with Crippen LogP contribution in [0.25, 0.3) is 0 Å². The summed E-state index contributed by atoms with van der Waals surface area (Å²) in [6.07, 6.45) is 2.63. The molecule has 0 bridgehead atoms. The van der Waals surface area contributed by atoms with Gasteiger partial charge in [0.15, 0.2) is 9.84 Å². The van der Waals surface area contributed by atoms with E-state index in [4.69, 9.17) is 4.74 Å². The van der Waals surface area contributed by atoms with E-state index in [-0.39, 0.29) is 16.3 Å². The zero-order chi connectivity index (χ0) is 19.4. The predicted octanol–water partition coefficient (Wildman–Crippen LogP) is 4.29. The van der Waals surface area contributed by atoms with Crippen molar-refractivity contribution in [2.45, 2.75) is 4.90 Å². The minimum atomic E-state index is -3.37. The topological polar surface area (TPSA) is 85.4 Å². The van der Waals surface area contributed by atoms with Crippen LogP contribution < -0.4 is 10.1 Å². The lowest BCUT2D eigenvalue weighted by atomic mass is 10.2. The first-order chi connectivity index (χ1) is 12.8. The molecule has 1 aromatic heterocycles. The molecule has 138 valence electrons. The number of pyridine rings is 1. The third kappa shape index (κ3) is 4.93. The molecule has 8 heteroatoms. The van der Waals surface area contributed by atoms with E-state index in [0.29, 0.717) is 11.4 Å². The summed E-state index contributed by atoms with van der Waals surface area (Å²) in [5, 5.41) is 2.68. The van der Waals surface area contributed by atoms with Crippen molar-refractivity contribution in [1.82, 2.24) is 4.98 Å². The lowest BCUT2D eigenvalue weighted by molar-refractivity contribution is 0.102. The fourth-order valence-corrected chi connectivity index (χ4v) is 3.19. The monoisotopic (exact) mass is 446 g/mol. The molecule has 3 rings (SSSR count). The lowest BCUT2D eigenvalue weighted by Crippen LogP contribution is -2.14. The molecular weight excluding hydrogens is 432 g/mol. The van der Waals surface area contributed by atoms with Crippen LogP contribution >= 0.6 is 15.9 Å². The molecule has 6 nitrogen and oxygen atoms in total. The van der Waals surface area contributed by atoms with Crippen LogP contribution in [0, 0.1) is 0 Å². The third-order valence-corrected chi connectivity index (χ3v) is 5.20. The van der Waals surface area contributed by atoms with Gasteiger partial charge in [0.2, 0.25) is 5.88 Å². The highest BCUT2D eigenvalue weighted by Crippen LogP contribution is 2.25. The standard InChI is InChI=1S/C19H15BrN2O4S/c1-27(24,25)16-5-2-4-14(12-16)22-18(23)17-6-3-11-21-19(17)26-15-9-7-13(20)8-10-15/h2-12H,1H3,(H,22,23). The van der Waals surface area contributed by atoms with Gasteiger partial charge >= 0.3 is 0 Å². The van der Waals surface area contributed by atoms with E-state index in [0.717, 1.165) is 10.7 Å². The Labute approximate surface area is 165 Å². The molecule has 0 atom stereocenters. The van der Waals surface area contributed by atoms with Crippen molar-refractivity contribution in [3.63, 3.8) is 0 Å². The molecule has 0 aliphatic carbocycles. The van der Waals surface area contributed by atoms with Crippen molar-refractivity contribution < 1.29 is 17.9 Å². The first kappa shape index (κ1) is 19.1. The SMILES string of the molecule is CS(=O)(=O)c1cccc(NC(=O)c2cccnc2Oc2ccc(Br)cc2)c1. The first-order valence-corrected chi connectivity index (χ1v) is 10.5. The molecule has 1 heterocycles. The number of ether oxygens (including phenoxy) is 1. The molecule has 27 heavy (non-hydrogen) atoms. The van der Waals surface area contributed by atoms with Crippen molar-refractivity contribution in [3.8, 4) is 11.6 Å². The second kappa shape index (κ2) is 7.89. The van der Waals surface area contributed by atoms with Crippen LogP contribution in [0.4, 0.5) is 5.69 Å². The average Bonchev–Trinajstić information content (AvgIpc) is 2.63. The van der Waals surface area contributed by atoms with Crippen LogP contribution in [0.3, 0.4) is 0 Å². The number of carbonyl (C=O) groups is 1. The number of anilines is 1. The van der Waals surface area contributed by atoms with E-state index >= 15 is 0 Å². The zero-order valence-corrected chi connectivity index (χ0v) is 16.6. The minimum Gasteiger partial charge on any atom is -0.438 e. The van der Waals surface area contributed by atoms with Gasteiger partial charge in [0, 0.05) is 22.6 Å². The molecule has 0 aliphatic rings. The number of nitrogens with zero attached hydrogens (tertiary/aromatic N) is 1. The Hall–Kier alpha value is -2.71.